The highest BCUT2D eigenvalue weighted by Gasteiger charge is 2.18. The van der Waals surface area contributed by atoms with Crippen LogP contribution in [0.25, 0.3) is 0 Å². The highest BCUT2D eigenvalue weighted by Crippen LogP contribution is 2.23. The maximum absolute atomic E-state index is 9.04. The zero-order chi connectivity index (χ0) is 37.0. The molecule has 7 fully saturated rings. The molecule has 300 valence electrons. The summed E-state index contributed by atoms with van der Waals surface area (Å²) >= 11 is 0. The van der Waals surface area contributed by atoms with Crippen molar-refractivity contribution in [2.75, 3.05) is 128 Å². The van der Waals surface area contributed by atoms with E-state index in [1.54, 1.807) is 0 Å². The first kappa shape index (κ1) is 47.6. The monoisotopic (exact) mass is 716 g/mol. The molecule has 7 rings (SSSR count). The van der Waals surface area contributed by atoms with Crippen LogP contribution in [0.2, 0.25) is 0 Å². The second kappa shape index (κ2) is 31.0. The van der Waals surface area contributed by atoms with Gasteiger partial charge in [-0.25, -0.2) is 0 Å². The SMILES string of the molecule is CC1CCC(O)C1.CN1CCC(O)CC1.CN1CCCC(O)C1.CN1CCCCC1.CN1CCOCC1.CNC1CC1.CNCN1CCCC1. The summed E-state index contributed by atoms with van der Waals surface area (Å²) in [6, 6.07) is 0.884. The summed E-state index contributed by atoms with van der Waals surface area (Å²) in [6.45, 7) is 16.6. The zero-order valence-corrected chi connectivity index (χ0v) is 34.0. The summed E-state index contributed by atoms with van der Waals surface area (Å²) in [6.07, 6.45) is 17.1. The van der Waals surface area contributed by atoms with Crippen LogP contribution in [0, 0.1) is 5.92 Å². The van der Waals surface area contributed by atoms with Crippen molar-refractivity contribution in [3.63, 3.8) is 0 Å². The molecule has 0 radical (unpaired) electrons. The van der Waals surface area contributed by atoms with E-state index < -0.39 is 0 Å². The van der Waals surface area contributed by atoms with Gasteiger partial charge in [-0.3, -0.25) is 4.90 Å². The maximum atomic E-state index is 9.04. The average molecular weight is 716 g/mol. The molecule has 2 saturated carbocycles. The molecule has 0 spiro atoms. The summed E-state index contributed by atoms with van der Waals surface area (Å²) in [7, 11) is 12.5. The van der Waals surface area contributed by atoms with Crippen molar-refractivity contribution in [1.29, 1.82) is 0 Å². The second-order valence-electron chi connectivity index (χ2n) is 15.8. The largest absolute Gasteiger partial charge is 0.393 e. The Balaban J connectivity index is 0.000000293. The Bertz CT molecular complexity index is 680. The summed E-state index contributed by atoms with van der Waals surface area (Å²) in [5.41, 5.74) is 0. The van der Waals surface area contributed by atoms with Crippen molar-refractivity contribution >= 4 is 0 Å². The predicted molar refractivity (Wildman–Crippen MR) is 211 cm³/mol. The highest BCUT2D eigenvalue weighted by molar-refractivity contribution is 4.78. The molecule has 2 aliphatic carbocycles. The van der Waals surface area contributed by atoms with Gasteiger partial charge in [0.2, 0.25) is 0 Å². The van der Waals surface area contributed by atoms with E-state index in [0.29, 0.717) is 0 Å². The van der Waals surface area contributed by atoms with Crippen molar-refractivity contribution in [3.8, 4) is 0 Å². The van der Waals surface area contributed by atoms with E-state index in [1.807, 2.05) is 21.1 Å². The number of nitrogens with one attached hydrogen (secondary N) is 2. The van der Waals surface area contributed by atoms with E-state index in [0.717, 1.165) is 110 Å². The topological polar surface area (TPSA) is 110 Å². The number of likely N-dealkylation sites (tertiary alicyclic amines) is 4. The molecule has 11 nitrogen and oxygen atoms in total. The number of aliphatic hydroxyl groups excluding tert-OH is 3. The van der Waals surface area contributed by atoms with Crippen molar-refractivity contribution in [1.82, 2.24) is 35.1 Å². The predicted octanol–water partition coefficient (Wildman–Crippen LogP) is 2.99. The molecule has 0 aromatic rings. The number of hydrogen-bond donors (Lipinski definition) is 5. The second-order valence-corrected chi connectivity index (χ2v) is 15.8. The number of piperidine rings is 3. The van der Waals surface area contributed by atoms with Gasteiger partial charge in [0.05, 0.1) is 31.5 Å². The molecule has 5 saturated heterocycles. The first-order valence-electron chi connectivity index (χ1n) is 20.4. The quantitative estimate of drug-likeness (QED) is 0.298. The molecule has 11 heteroatoms. The van der Waals surface area contributed by atoms with Crippen molar-refractivity contribution in [3.05, 3.63) is 0 Å². The van der Waals surface area contributed by atoms with Crippen LogP contribution in [0.15, 0.2) is 0 Å². The molecule has 0 bridgehead atoms. The Labute approximate surface area is 309 Å². The molecule has 7 aliphatic rings. The van der Waals surface area contributed by atoms with E-state index in [1.165, 1.54) is 77.5 Å². The van der Waals surface area contributed by atoms with Gasteiger partial charge in [0.25, 0.3) is 0 Å². The third kappa shape index (κ3) is 29.1. The van der Waals surface area contributed by atoms with E-state index in [9.17, 15) is 0 Å². The molecule has 0 aromatic carbocycles. The molecular weight excluding hydrogens is 630 g/mol. The van der Waals surface area contributed by atoms with Crippen LogP contribution in [0.3, 0.4) is 0 Å². The lowest BCUT2D eigenvalue weighted by atomic mass is 10.1. The van der Waals surface area contributed by atoms with Gasteiger partial charge in [-0.2, -0.15) is 0 Å². The summed E-state index contributed by atoms with van der Waals surface area (Å²) in [4.78, 5) is 11.5. The third-order valence-electron chi connectivity index (χ3n) is 10.3. The fourth-order valence-corrected chi connectivity index (χ4v) is 6.55. The van der Waals surface area contributed by atoms with Gasteiger partial charge in [0, 0.05) is 45.4 Å². The molecule has 3 atom stereocenters. The number of hydrogen-bond acceptors (Lipinski definition) is 11. The standard InChI is InChI=1S/C6H14N2.2C6H13NO.C6H13N.C6H12O.C5H11NO.C4H9N/c1-7-6-8-4-2-3-5-8;1-7-4-2-6(8)3-5-7;1-7-4-2-3-6(8)5-7;1-7-5-3-2-4-6-7;1-5-2-3-6(7)4-5;1-6-2-4-7-5-3-6;1-5-4-2-3-4/h7H,2-6H2,1H3;2*6,8H,2-5H2,1H3;2-6H2,1H3;5-7H,2-4H2,1H3;2-5H2,1H3;4-5H,2-3H2,1H3. The van der Waals surface area contributed by atoms with Crippen molar-refractivity contribution in [2.24, 2.45) is 5.92 Å². The Morgan fingerprint density at radius 3 is 1.38 bits per heavy atom. The highest BCUT2D eigenvalue weighted by atomic mass is 16.5. The fourth-order valence-electron chi connectivity index (χ4n) is 6.55. The molecule has 5 N–H and O–H groups in total. The maximum Gasteiger partial charge on any atom is 0.0667 e. The normalized spacial score (nSPS) is 28.3. The lowest BCUT2D eigenvalue weighted by molar-refractivity contribution is 0.0503. The minimum absolute atomic E-state index is 0.0220. The lowest BCUT2D eigenvalue weighted by Crippen LogP contribution is -2.34. The number of likely N-dealkylation sites (N-methyl/N-ethyl adjacent to an activating group) is 2. The van der Waals surface area contributed by atoms with Crippen LogP contribution in [0.4, 0.5) is 0 Å². The van der Waals surface area contributed by atoms with Gasteiger partial charge >= 0.3 is 0 Å². The van der Waals surface area contributed by atoms with Gasteiger partial charge in [0.1, 0.15) is 0 Å². The number of ether oxygens (including phenoxy) is 1. The van der Waals surface area contributed by atoms with Crippen molar-refractivity contribution in [2.45, 2.75) is 121 Å². The summed E-state index contributed by atoms with van der Waals surface area (Å²) in [5.74, 6) is 0.773. The molecule has 50 heavy (non-hydrogen) atoms. The molecule has 0 aromatic heterocycles. The van der Waals surface area contributed by atoms with Crippen LogP contribution in [0.1, 0.15) is 96.8 Å². The fraction of sp³-hybridized carbons (Fsp3) is 1.00. The first-order valence-corrected chi connectivity index (χ1v) is 20.4. The smallest absolute Gasteiger partial charge is 0.0667 e. The molecule has 5 heterocycles. The van der Waals surface area contributed by atoms with E-state index >= 15 is 0 Å². The third-order valence-corrected chi connectivity index (χ3v) is 10.3. The number of rotatable bonds is 3. The van der Waals surface area contributed by atoms with E-state index in [-0.39, 0.29) is 18.3 Å². The number of nitrogens with zero attached hydrogens (tertiary/aromatic N) is 5. The average Bonchev–Trinajstić information content (AvgIpc) is 3.67. The Hall–Kier alpha value is -0.440. The number of morpholine rings is 1. The molecule has 0 amide bonds. The van der Waals surface area contributed by atoms with Crippen LogP contribution in [-0.2, 0) is 4.74 Å². The Morgan fingerprint density at radius 1 is 0.540 bits per heavy atom. The van der Waals surface area contributed by atoms with Gasteiger partial charge in [0.15, 0.2) is 0 Å². The first-order chi connectivity index (χ1) is 24.0. The number of β-amino-alcohol motifs (C(OH)–C–C–N with tert-alkyl or cyclic N) is 1. The summed E-state index contributed by atoms with van der Waals surface area (Å²) in [5, 5.41) is 33.2. The lowest BCUT2D eigenvalue weighted by Gasteiger charge is -2.25. The van der Waals surface area contributed by atoms with E-state index in [4.69, 9.17) is 20.1 Å². The Kier molecular flexibility index (Phi) is 29.5. The zero-order valence-electron chi connectivity index (χ0n) is 34.0. The minimum atomic E-state index is -0.0613. The van der Waals surface area contributed by atoms with Gasteiger partial charge < -0.3 is 50.3 Å². The van der Waals surface area contributed by atoms with Crippen LogP contribution in [0.5, 0.6) is 0 Å². The molecular formula is C39H85N7O4. The van der Waals surface area contributed by atoms with Crippen LogP contribution < -0.4 is 10.6 Å². The minimum Gasteiger partial charge on any atom is -0.393 e. The number of aliphatic hydroxyl groups is 3. The van der Waals surface area contributed by atoms with Crippen molar-refractivity contribution < 1.29 is 20.1 Å². The van der Waals surface area contributed by atoms with Gasteiger partial charge in [-0.05, 0) is 164 Å². The van der Waals surface area contributed by atoms with Gasteiger partial charge in [-0.1, -0.05) is 13.3 Å². The molecule has 5 aliphatic heterocycles. The van der Waals surface area contributed by atoms with Crippen LogP contribution in [-0.4, -0.2) is 192 Å². The molecule has 3 unspecified atom stereocenters. The van der Waals surface area contributed by atoms with Gasteiger partial charge in [-0.15, -0.1) is 0 Å². The summed E-state index contributed by atoms with van der Waals surface area (Å²) < 4.78 is 5.10. The van der Waals surface area contributed by atoms with Crippen LogP contribution >= 0.6 is 0 Å². The Morgan fingerprint density at radius 2 is 1.08 bits per heavy atom. The van der Waals surface area contributed by atoms with E-state index in [2.05, 4.69) is 63.2 Å².